The Bertz CT molecular complexity index is 1310. The van der Waals surface area contributed by atoms with Crippen LogP contribution in [-0.4, -0.2) is 48.7 Å². The summed E-state index contributed by atoms with van der Waals surface area (Å²) in [6.45, 7) is 23.3. The van der Waals surface area contributed by atoms with Gasteiger partial charge in [0.15, 0.2) is 11.5 Å². The van der Waals surface area contributed by atoms with E-state index in [1.807, 2.05) is 27.7 Å². The molecule has 0 spiro atoms. The second-order valence-corrected chi connectivity index (χ2v) is 11.0. The van der Waals surface area contributed by atoms with E-state index in [2.05, 4.69) is 99.4 Å². The van der Waals surface area contributed by atoms with Crippen molar-refractivity contribution in [3.8, 4) is 11.5 Å². The summed E-state index contributed by atoms with van der Waals surface area (Å²) in [5.74, 6) is 1.50. The summed E-state index contributed by atoms with van der Waals surface area (Å²) in [4.78, 5) is 22.1. The molecule has 0 radical (unpaired) electrons. The molecular formula is C40H60N2O5. The number of benzene rings is 3. The second-order valence-electron chi connectivity index (χ2n) is 11.0. The van der Waals surface area contributed by atoms with Gasteiger partial charge in [0.2, 0.25) is 6.41 Å². The Morgan fingerprint density at radius 3 is 1.87 bits per heavy atom. The highest BCUT2D eigenvalue weighted by atomic mass is 16.6. The van der Waals surface area contributed by atoms with E-state index in [1.165, 1.54) is 39.8 Å². The molecule has 2 heterocycles. The number of carbonyl (C=O) groups is 2. The molecule has 0 aliphatic carbocycles. The Balaban J connectivity index is 0.000000426. The van der Waals surface area contributed by atoms with Crippen LogP contribution in [0.3, 0.4) is 0 Å². The van der Waals surface area contributed by atoms with E-state index in [0.29, 0.717) is 25.2 Å². The quantitative estimate of drug-likeness (QED) is 0.237. The van der Waals surface area contributed by atoms with Gasteiger partial charge in [-0.2, -0.15) is 0 Å². The van der Waals surface area contributed by atoms with E-state index in [1.54, 1.807) is 0 Å². The number of hydrogen-bond acceptors (Lipinski definition) is 5. The maximum Gasteiger partial charge on any atom is 0.300 e. The predicted octanol–water partition coefficient (Wildman–Crippen LogP) is 9.40. The summed E-state index contributed by atoms with van der Waals surface area (Å²) in [5, 5.41) is 10.2. The fourth-order valence-electron chi connectivity index (χ4n) is 5.87. The SMILES string of the molecule is CC.CC.CC(=O)O.CCc1cc(C)cc(CC)c1NC=O.CCc1ccc([C@H]2C[C@@H](c3ccc4c(c3)OCCO4)CN2CC)cc1. The Hall–Kier alpha value is -3.84. The van der Waals surface area contributed by atoms with Crippen LogP contribution in [0.2, 0.25) is 0 Å². The number of aliphatic carboxylic acids is 1. The van der Waals surface area contributed by atoms with Crippen molar-refractivity contribution in [1.29, 1.82) is 0 Å². The molecule has 5 rings (SSSR count). The first-order valence-electron chi connectivity index (χ1n) is 17.5. The zero-order chi connectivity index (χ0) is 35.4. The van der Waals surface area contributed by atoms with Crippen molar-refractivity contribution in [3.63, 3.8) is 0 Å². The van der Waals surface area contributed by atoms with Crippen molar-refractivity contribution in [2.45, 2.75) is 107 Å². The lowest BCUT2D eigenvalue weighted by molar-refractivity contribution is -0.134. The summed E-state index contributed by atoms with van der Waals surface area (Å²) in [6, 6.07) is 20.4. The number of hydrogen-bond donors (Lipinski definition) is 2. The Kier molecular flexibility index (Phi) is 19.8. The first-order chi connectivity index (χ1) is 22.7. The van der Waals surface area contributed by atoms with Gasteiger partial charge in [0.05, 0.1) is 0 Å². The van der Waals surface area contributed by atoms with Gasteiger partial charge in [-0.3, -0.25) is 14.5 Å². The van der Waals surface area contributed by atoms with Crippen LogP contribution in [0.15, 0.2) is 54.6 Å². The lowest BCUT2D eigenvalue weighted by Gasteiger charge is -2.23. The van der Waals surface area contributed by atoms with Crippen LogP contribution in [0, 0.1) is 6.92 Å². The number of carbonyl (C=O) groups excluding carboxylic acids is 1. The van der Waals surface area contributed by atoms with Crippen molar-refractivity contribution in [1.82, 2.24) is 4.90 Å². The number of likely N-dealkylation sites (tertiary alicyclic amines) is 1. The highest BCUT2D eigenvalue weighted by Crippen LogP contribution is 2.42. The molecule has 1 fully saturated rings. The minimum absolute atomic E-state index is 0.508. The molecule has 1 saturated heterocycles. The fourth-order valence-corrected chi connectivity index (χ4v) is 5.87. The first-order valence-corrected chi connectivity index (χ1v) is 17.5. The van der Waals surface area contributed by atoms with Crippen molar-refractivity contribution >= 4 is 18.1 Å². The van der Waals surface area contributed by atoms with Gasteiger partial charge in [0, 0.05) is 25.2 Å². The number of carboxylic acids is 1. The highest BCUT2D eigenvalue weighted by Gasteiger charge is 2.33. The zero-order valence-electron chi connectivity index (χ0n) is 30.6. The summed E-state index contributed by atoms with van der Waals surface area (Å²) in [7, 11) is 0. The molecule has 7 nitrogen and oxygen atoms in total. The van der Waals surface area contributed by atoms with E-state index in [9.17, 15) is 4.79 Å². The third kappa shape index (κ3) is 12.7. The molecule has 2 atom stereocenters. The average molecular weight is 649 g/mol. The van der Waals surface area contributed by atoms with Gasteiger partial charge in [0.25, 0.3) is 5.97 Å². The van der Waals surface area contributed by atoms with E-state index in [-0.39, 0.29) is 0 Å². The molecular weight excluding hydrogens is 588 g/mol. The van der Waals surface area contributed by atoms with E-state index < -0.39 is 5.97 Å². The number of ether oxygens (including phenoxy) is 2. The molecule has 260 valence electrons. The van der Waals surface area contributed by atoms with Gasteiger partial charge >= 0.3 is 0 Å². The van der Waals surface area contributed by atoms with Gasteiger partial charge in [-0.15, -0.1) is 0 Å². The van der Waals surface area contributed by atoms with Crippen molar-refractivity contribution < 1.29 is 24.2 Å². The van der Waals surface area contributed by atoms with E-state index >= 15 is 0 Å². The maximum absolute atomic E-state index is 10.5. The number of likely N-dealkylation sites (N-methyl/N-ethyl adjacent to an activating group) is 1. The fraction of sp³-hybridized carbons (Fsp3) is 0.500. The zero-order valence-corrected chi connectivity index (χ0v) is 30.6. The van der Waals surface area contributed by atoms with Crippen LogP contribution in [0.1, 0.15) is 114 Å². The number of carboxylic acid groups (broad SMARTS) is 1. The standard InChI is InChI=1S/C22H27NO2.C12H17NO.C2H4O2.2C2H6/c1-3-16-5-7-17(8-6-16)20-13-19(15-23(20)4-2)18-9-10-21-22(14-18)25-12-11-24-21;1-4-10-6-9(3)7-11(5-2)12(10)13-8-14;1-2(3)4;2*1-2/h5-10,14,19-20H,3-4,11-13,15H2,1-2H3;6-8H,4-5H2,1-3H3,(H,13,14);1H3,(H,3,4);2*1-2H3/t19-,20-;;;;/m1..../s1. The monoisotopic (exact) mass is 648 g/mol. The van der Waals surface area contributed by atoms with Crippen LogP contribution in [0.5, 0.6) is 11.5 Å². The van der Waals surface area contributed by atoms with Crippen LogP contribution < -0.4 is 14.8 Å². The number of anilines is 1. The molecule has 0 aromatic heterocycles. The number of rotatable bonds is 8. The summed E-state index contributed by atoms with van der Waals surface area (Å²) < 4.78 is 11.4. The van der Waals surface area contributed by atoms with E-state index in [4.69, 9.17) is 19.4 Å². The second kappa shape index (κ2) is 22.6. The predicted molar refractivity (Wildman–Crippen MR) is 196 cm³/mol. The Morgan fingerprint density at radius 1 is 0.851 bits per heavy atom. The third-order valence-corrected chi connectivity index (χ3v) is 8.03. The molecule has 7 heteroatoms. The molecule has 0 unspecified atom stereocenters. The normalized spacial score (nSPS) is 16.0. The van der Waals surface area contributed by atoms with Gasteiger partial charge < -0.3 is 19.9 Å². The minimum atomic E-state index is -0.833. The van der Waals surface area contributed by atoms with Gasteiger partial charge in [-0.25, -0.2) is 0 Å². The number of fused-ring (bicyclic) bond motifs is 1. The molecule has 0 saturated carbocycles. The van der Waals surface area contributed by atoms with Crippen LogP contribution in [0.4, 0.5) is 5.69 Å². The Labute approximate surface area is 284 Å². The smallest absolute Gasteiger partial charge is 0.300 e. The third-order valence-electron chi connectivity index (χ3n) is 8.03. The lowest BCUT2D eigenvalue weighted by atomic mass is 9.93. The van der Waals surface area contributed by atoms with Crippen LogP contribution in [-0.2, 0) is 28.9 Å². The molecule has 2 aliphatic heterocycles. The van der Waals surface area contributed by atoms with E-state index in [0.717, 1.165) is 62.9 Å². The highest BCUT2D eigenvalue weighted by molar-refractivity contribution is 5.76. The van der Waals surface area contributed by atoms with Gasteiger partial charge in [-0.05, 0) is 85.0 Å². The summed E-state index contributed by atoms with van der Waals surface area (Å²) >= 11 is 0. The number of amides is 1. The minimum Gasteiger partial charge on any atom is -0.486 e. The van der Waals surface area contributed by atoms with Crippen LogP contribution in [0.25, 0.3) is 0 Å². The number of nitrogens with zero attached hydrogens (tertiary/aromatic N) is 1. The molecule has 2 N–H and O–H groups in total. The molecule has 1 amide bonds. The van der Waals surface area contributed by atoms with Gasteiger partial charge in [-0.1, -0.05) is 103 Å². The average Bonchev–Trinajstić information content (AvgIpc) is 3.55. The maximum atomic E-state index is 10.5. The number of aryl methyl sites for hydroxylation is 4. The summed E-state index contributed by atoms with van der Waals surface area (Å²) in [6.07, 6.45) is 4.92. The van der Waals surface area contributed by atoms with Crippen molar-refractivity contribution in [2.24, 2.45) is 0 Å². The first kappa shape index (κ1) is 41.2. The molecule has 2 aliphatic rings. The van der Waals surface area contributed by atoms with Crippen molar-refractivity contribution in [2.75, 3.05) is 31.6 Å². The van der Waals surface area contributed by atoms with Crippen LogP contribution >= 0.6 is 0 Å². The Morgan fingerprint density at radius 2 is 1.38 bits per heavy atom. The largest absolute Gasteiger partial charge is 0.486 e. The molecule has 47 heavy (non-hydrogen) atoms. The molecule has 3 aromatic rings. The molecule has 0 bridgehead atoms. The van der Waals surface area contributed by atoms with Crippen molar-refractivity contribution in [3.05, 3.63) is 88.0 Å². The summed E-state index contributed by atoms with van der Waals surface area (Å²) in [5.41, 5.74) is 8.91. The topological polar surface area (TPSA) is 88.1 Å². The lowest BCUT2D eigenvalue weighted by Crippen LogP contribution is -2.23. The van der Waals surface area contributed by atoms with Gasteiger partial charge in [0.1, 0.15) is 13.2 Å². The number of nitrogens with one attached hydrogen (secondary N) is 1. The molecule has 3 aromatic carbocycles.